The van der Waals surface area contributed by atoms with Crippen LogP contribution in [0.15, 0.2) is 48.5 Å². The largest absolute Gasteiger partial charge is 0.416 e. The Labute approximate surface area is 151 Å². The van der Waals surface area contributed by atoms with Crippen molar-refractivity contribution in [1.29, 1.82) is 0 Å². The summed E-state index contributed by atoms with van der Waals surface area (Å²) in [5.41, 5.74) is 1.37. The second-order valence-corrected chi connectivity index (χ2v) is 6.77. The number of halogens is 3. The molecule has 1 heterocycles. The monoisotopic (exact) mass is 362 g/mol. The highest BCUT2D eigenvalue weighted by Gasteiger charge is 2.30. The first-order chi connectivity index (χ1) is 12.3. The van der Waals surface area contributed by atoms with Gasteiger partial charge in [-0.05, 0) is 55.4 Å². The third kappa shape index (κ3) is 3.90. The fourth-order valence-electron chi connectivity index (χ4n) is 3.25. The van der Waals surface area contributed by atoms with Crippen molar-refractivity contribution in [3.63, 3.8) is 0 Å². The van der Waals surface area contributed by atoms with Crippen LogP contribution < -0.4 is 0 Å². The molecule has 0 aromatic heterocycles. The highest BCUT2D eigenvalue weighted by Crippen LogP contribution is 2.31. The first-order valence-electron chi connectivity index (χ1n) is 8.49. The van der Waals surface area contributed by atoms with Crippen LogP contribution in [-0.2, 0) is 6.18 Å². The fraction of sp³-hybridized carbons (Fsp3) is 0.350. The number of likely N-dealkylation sites (tertiary alicyclic amines) is 1. The average Bonchev–Trinajstić information content (AvgIpc) is 3.06. The Morgan fingerprint density at radius 1 is 1.04 bits per heavy atom. The molecule has 1 atom stereocenters. The Morgan fingerprint density at radius 2 is 1.58 bits per heavy atom. The van der Waals surface area contributed by atoms with Crippen molar-refractivity contribution < 1.29 is 18.0 Å². The molecule has 26 heavy (non-hydrogen) atoms. The molecule has 1 fully saturated rings. The summed E-state index contributed by atoms with van der Waals surface area (Å²) in [7, 11) is 3.85. The number of hydrogen-bond acceptors (Lipinski definition) is 2. The predicted molar refractivity (Wildman–Crippen MR) is 94.9 cm³/mol. The van der Waals surface area contributed by atoms with Gasteiger partial charge in [-0.2, -0.15) is 13.2 Å². The standard InChI is InChI=1S/C20H21F3N2O/c1-24-12-11-18(13-24)25(2)19(26)16-5-3-14(4-6-16)15-7-9-17(10-8-15)20(21,22)23/h3-10,18H,11-13H2,1-2H3/t18-/m0/s1. The molecule has 1 aliphatic heterocycles. The number of nitrogens with zero attached hydrogens (tertiary/aromatic N) is 2. The Bertz CT molecular complexity index is 769. The van der Waals surface area contributed by atoms with E-state index in [0.717, 1.165) is 37.2 Å². The molecule has 0 unspecified atom stereocenters. The van der Waals surface area contributed by atoms with Crippen molar-refractivity contribution >= 4 is 5.91 Å². The maximum atomic E-state index is 12.6. The molecular formula is C20H21F3N2O. The van der Waals surface area contributed by atoms with E-state index in [9.17, 15) is 18.0 Å². The highest BCUT2D eigenvalue weighted by atomic mass is 19.4. The summed E-state index contributed by atoms with van der Waals surface area (Å²) in [5.74, 6) is -0.0377. The minimum atomic E-state index is -4.34. The molecule has 2 aromatic rings. The topological polar surface area (TPSA) is 23.6 Å². The van der Waals surface area contributed by atoms with Crippen LogP contribution in [0, 0.1) is 0 Å². The van der Waals surface area contributed by atoms with Crippen LogP contribution in [0.1, 0.15) is 22.3 Å². The molecule has 3 rings (SSSR count). The number of hydrogen-bond donors (Lipinski definition) is 0. The van der Waals surface area contributed by atoms with E-state index in [1.807, 2.05) is 14.1 Å². The van der Waals surface area contributed by atoms with Crippen LogP contribution >= 0.6 is 0 Å². The lowest BCUT2D eigenvalue weighted by atomic mass is 10.0. The van der Waals surface area contributed by atoms with E-state index in [1.165, 1.54) is 12.1 Å². The predicted octanol–water partition coefficient (Wildman–Crippen LogP) is 4.15. The summed E-state index contributed by atoms with van der Waals surface area (Å²) in [5, 5.41) is 0. The van der Waals surface area contributed by atoms with Gasteiger partial charge in [-0.15, -0.1) is 0 Å². The minimum absolute atomic E-state index is 0.0377. The van der Waals surface area contributed by atoms with Crippen LogP contribution in [0.2, 0.25) is 0 Å². The second-order valence-electron chi connectivity index (χ2n) is 6.77. The number of likely N-dealkylation sites (N-methyl/N-ethyl adjacent to an activating group) is 2. The smallest absolute Gasteiger partial charge is 0.337 e. The fourth-order valence-corrected chi connectivity index (χ4v) is 3.25. The summed E-state index contributed by atoms with van der Waals surface area (Å²) in [6.45, 7) is 1.85. The first-order valence-corrected chi connectivity index (χ1v) is 8.49. The van der Waals surface area contributed by atoms with Crippen molar-refractivity contribution in [3.05, 3.63) is 59.7 Å². The Hall–Kier alpha value is -2.34. The quantitative estimate of drug-likeness (QED) is 0.819. The van der Waals surface area contributed by atoms with Gasteiger partial charge in [0.2, 0.25) is 0 Å². The second kappa shape index (κ2) is 7.11. The van der Waals surface area contributed by atoms with Crippen LogP contribution in [0.25, 0.3) is 11.1 Å². The molecule has 1 saturated heterocycles. The van der Waals surface area contributed by atoms with E-state index in [4.69, 9.17) is 0 Å². The van der Waals surface area contributed by atoms with Gasteiger partial charge in [-0.1, -0.05) is 24.3 Å². The Morgan fingerprint density at radius 3 is 2.04 bits per heavy atom. The lowest BCUT2D eigenvalue weighted by Gasteiger charge is -2.24. The summed E-state index contributed by atoms with van der Waals surface area (Å²) in [4.78, 5) is 16.6. The molecule has 6 heteroatoms. The molecule has 0 aliphatic carbocycles. The normalized spacial score (nSPS) is 18.1. The van der Waals surface area contributed by atoms with Crippen molar-refractivity contribution in [2.45, 2.75) is 18.6 Å². The van der Waals surface area contributed by atoms with Gasteiger partial charge in [-0.3, -0.25) is 4.79 Å². The van der Waals surface area contributed by atoms with Crippen molar-refractivity contribution in [1.82, 2.24) is 9.80 Å². The molecule has 0 spiro atoms. The number of carbonyl (C=O) groups excluding carboxylic acids is 1. The molecule has 0 N–H and O–H groups in total. The lowest BCUT2D eigenvalue weighted by Crippen LogP contribution is -2.38. The third-order valence-corrected chi connectivity index (χ3v) is 4.91. The maximum Gasteiger partial charge on any atom is 0.416 e. The summed E-state index contributed by atoms with van der Waals surface area (Å²) >= 11 is 0. The van der Waals surface area contributed by atoms with E-state index in [-0.39, 0.29) is 11.9 Å². The molecule has 138 valence electrons. The van der Waals surface area contributed by atoms with Gasteiger partial charge in [0.25, 0.3) is 5.91 Å². The molecule has 0 radical (unpaired) electrons. The molecule has 0 saturated carbocycles. The van der Waals surface area contributed by atoms with E-state index < -0.39 is 11.7 Å². The molecule has 3 nitrogen and oxygen atoms in total. The van der Waals surface area contributed by atoms with Crippen molar-refractivity contribution in [3.8, 4) is 11.1 Å². The SMILES string of the molecule is CN1CC[C@H](N(C)C(=O)c2ccc(-c3ccc(C(F)(F)F)cc3)cc2)C1. The maximum absolute atomic E-state index is 12.6. The number of amides is 1. The zero-order chi connectivity index (χ0) is 18.9. The Balaban J connectivity index is 1.73. The number of alkyl halides is 3. The van der Waals surface area contributed by atoms with Crippen LogP contribution in [-0.4, -0.2) is 48.9 Å². The highest BCUT2D eigenvalue weighted by molar-refractivity contribution is 5.94. The van der Waals surface area contributed by atoms with Gasteiger partial charge < -0.3 is 9.80 Å². The minimum Gasteiger partial charge on any atom is -0.337 e. The van der Waals surface area contributed by atoms with Gasteiger partial charge in [-0.25, -0.2) is 0 Å². The summed E-state index contributed by atoms with van der Waals surface area (Å²) < 4.78 is 37.9. The lowest BCUT2D eigenvalue weighted by molar-refractivity contribution is -0.137. The summed E-state index contributed by atoms with van der Waals surface area (Å²) in [6, 6.07) is 12.2. The molecule has 1 amide bonds. The van der Waals surface area contributed by atoms with Gasteiger partial charge in [0.05, 0.1) is 5.56 Å². The van der Waals surface area contributed by atoms with E-state index in [0.29, 0.717) is 11.1 Å². The van der Waals surface area contributed by atoms with Crippen molar-refractivity contribution in [2.75, 3.05) is 27.2 Å². The molecule has 1 aliphatic rings. The molecular weight excluding hydrogens is 341 g/mol. The van der Waals surface area contributed by atoms with E-state index in [2.05, 4.69) is 4.90 Å². The molecule has 0 bridgehead atoms. The third-order valence-electron chi connectivity index (χ3n) is 4.91. The van der Waals surface area contributed by atoms with Crippen LogP contribution in [0.3, 0.4) is 0 Å². The van der Waals surface area contributed by atoms with Crippen LogP contribution in [0.5, 0.6) is 0 Å². The number of rotatable bonds is 3. The zero-order valence-electron chi connectivity index (χ0n) is 14.8. The molecule has 2 aromatic carbocycles. The zero-order valence-corrected chi connectivity index (χ0v) is 14.8. The van der Waals surface area contributed by atoms with E-state index in [1.54, 1.807) is 29.2 Å². The number of benzene rings is 2. The van der Waals surface area contributed by atoms with Gasteiger partial charge in [0, 0.05) is 25.2 Å². The Kier molecular flexibility index (Phi) is 5.05. The van der Waals surface area contributed by atoms with Crippen LogP contribution in [0.4, 0.5) is 13.2 Å². The van der Waals surface area contributed by atoms with Gasteiger partial charge in [0.1, 0.15) is 0 Å². The number of carbonyl (C=O) groups is 1. The van der Waals surface area contributed by atoms with E-state index >= 15 is 0 Å². The average molecular weight is 362 g/mol. The first kappa shape index (κ1) is 18.5. The van der Waals surface area contributed by atoms with Gasteiger partial charge in [0.15, 0.2) is 0 Å². The van der Waals surface area contributed by atoms with Gasteiger partial charge >= 0.3 is 6.18 Å². The van der Waals surface area contributed by atoms with Crippen molar-refractivity contribution in [2.24, 2.45) is 0 Å². The summed E-state index contributed by atoms with van der Waals surface area (Å²) in [6.07, 6.45) is -3.38.